The lowest BCUT2D eigenvalue weighted by Crippen LogP contribution is -2.12. The van der Waals surface area contributed by atoms with Crippen LogP contribution in [0.15, 0.2) is 30.3 Å². The molecular formula is C19H16ClN3O4S. The Morgan fingerprint density at radius 1 is 1.14 bits per heavy atom. The number of amides is 2. The highest BCUT2D eigenvalue weighted by Gasteiger charge is 2.19. The van der Waals surface area contributed by atoms with Crippen LogP contribution >= 0.6 is 22.9 Å². The lowest BCUT2D eigenvalue weighted by atomic mass is 10.2. The molecule has 0 saturated heterocycles. The van der Waals surface area contributed by atoms with Crippen LogP contribution in [0.3, 0.4) is 0 Å². The summed E-state index contributed by atoms with van der Waals surface area (Å²) < 4.78 is 12.1. The smallest absolute Gasteiger partial charge is 0.257 e. The molecule has 0 radical (unpaired) electrons. The van der Waals surface area contributed by atoms with Crippen molar-refractivity contribution in [2.75, 3.05) is 23.8 Å². The molecule has 2 N–H and O–H groups in total. The van der Waals surface area contributed by atoms with Gasteiger partial charge in [0.05, 0.1) is 28.5 Å². The lowest BCUT2D eigenvalue weighted by molar-refractivity contribution is -0.114. The average molecular weight is 418 g/mol. The summed E-state index contributed by atoms with van der Waals surface area (Å²) in [7, 11) is 0. The summed E-state index contributed by atoms with van der Waals surface area (Å²) in [6.07, 6.45) is 0.749. The average Bonchev–Trinajstić information content (AvgIpc) is 2.87. The Morgan fingerprint density at radius 3 is 2.79 bits per heavy atom. The standard InChI is InChI=1S/C19H16ClN3O4S/c1-10(24)21-12-3-4-14-16(9-12)28-19(22-14)23-18(25)11-7-13(20)17-15(8-11)26-5-2-6-27-17/h3-4,7-9H,2,5-6H2,1H3,(H,21,24)(H,22,23,25). The number of hydrogen-bond acceptors (Lipinski definition) is 6. The van der Waals surface area contributed by atoms with Crippen molar-refractivity contribution in [3.63, 3.8) is 0 Å². The Labute approximate surface area is 169 Å². The van der Waals surface area contributed by atoms with Crippen LogP contribution in [0.2, 0.25) is 5.02 Å². The van der Waals surface area contributed by atoms with E-state index in [1.54, 1.807) is 24.3 Å². The second kappa shape index (κ2) is 7.65. The molecule has 4 rings (SSSR count). The largest absolute Gasteiger partial charge is 0.489 e. The normalized spacial score (nSPS) is 13.1. The van der Waals surface area contributed by atoms with Gasteiger partial charge in [-0.15, -0.1) is 0 Å². The molecule has 2 heterocycles. The molecule has 0 aliphatic carbocycles. The van der Waals surface area contributed by atoms with Gasteiger partial charge in [0.1, 0.15) is 0 Å². The quantitative estimate of drug-likeness (QED) is 0.662. The zero-order valence-corrected chi connectivity index (χ0v) is 16.4. The Hall–Kier alpha value is -2.84. The molecule has 144 valence electrons. The molecule has 0 saturated carbocycles. The van der Waals surface area contributed by atoms with Gasteiger partial charge in [-0.05, 0) is 30.3 Å². The number of carbonyl (C=O) groups excluding carboxylic acids is 2. The molecule has 2 aromatic carbocycles. The molecule has 9 heteroatoms. The minimum atomic E-state index is -0.348. The lowest BCUT2D eigenvalue weighted by Gasteiger charge is -2.11. The van der Waals surface area contributed by atoms with E-state index in [0.29, 0.717) is 46.1 Å². The van der Waals surface area contributed by atoms with Crippen molar-refractivity contribution in [1.29, 1.82) is 0 Å². The summed E-state index contributed by atoms with van der Waals surface area (Å²) >= 11 is 7.57. The van der Waals surface area contributed by atoms with Crippen LogP contribution in [0.25, 0.3) is 10.2 Å². The molecule has 7 nitrogen and oxygen atoms in total. The highest BCUT2D eigenvalue weighted by molar-refractivity contribution is 7.22. The monoisotopic (exact) mass is 417 g/mol. The van der Waals surface area contributed by atoms with E-state index in [1.807, 2.05) is 6.07 Å². The van der Waals surface area contributed by atoms with Crippen molar-refractivity contribution in [1.82, 2.24) is 4.98 Å². The van der Waals surface area contributed by atoms with Crippen LogP contribution in [-0.4, -0.2) is 30.0 Å². The summed E-state index contributed by atoms with van der Waals surface area (Å²) in [5.74, 6) is 0.419. The van der Waals surface area contributed by atoms with Gasteiger partial charge in [0.2, 0.25) is 5.91 Å². The second-order valence-corrected chi connectivity index (χ2v) is 7.61. The van der Waals surface area contributed by atoms with Crippen LogP contribution in [0.4, 0.5) is 10.8 Å². The van der Waals surface area contributed by atoms with Crippen molar-refractivity contribution >= 4 is 55.8 Å². The number of benzene rings is 2. The molecule has 1 aliphatic heterocycles. The maximum Gasteiger partial charge on any atom is 0.257 e. The van der Waals surface area contributed by atoms with E-state index in [4.69, 9.17) is 21.1 Å². The van der Waals surface area contributed by atoms with Gasteiger partial charge in [0, 0.05) is 24.6 Å². The number of rotatable bonds is 3. The van der Waals surface area contributed by atoms with Crippen molar-refractivity contribution < 1.29 is 19.1 Å². The molecule has 1 aliphatic rings. The molecule has 0 atom stereocenters. The van der Waals surface area contributed by atoms with Gasteiger partial charge in [-0.2, -0.15) is 0 Å². The van der Waals surface area contributed by atoms with E-state index >= 15 is 0 Å². The molecule has 2 amide bonds. The number of fused-ring (bicyclic) bond motifs is 2. The van der Waals surface area contributed by atoms with E-state index in [2.05, 4.69) is 15.6 Å². The number of nitrogens with one attached hydrogen (secondary N) is 2. The molecule has 28 heavy (non-hydrogen) atoms. The zero-order chi connectivity index (χ0) is 19.7. The number of halogens is 1. The predicted molar refractivity (Wildman–Crippen MR) is 109 cm³/mol. The Kier molecular flexibility index (Phi) is 5.06. The van der Waals surface area contributed by atoms with Crippen LogP contribution in [-0.2, 0) is 4.79 Å². The minimum Gasteiger partial charge on any atom is -0.489 e. The van der Waals surface area contributed by atoms with Crippen LogP contribution < -0.4 is 20.1 Å². The second-order valence-electron chi connectivity index (χ2n) is 6.17. The summed E-state index contributed by atoms with van der Waals surface area (Å²) in [4.78, 5) is 28.3. The number of thiazole rings is 1. The van der Waals surface area contributed by atoms with E-state index in [0.717, 1.165) is 16.6 Å². The van der Waals surface area contributed by atoms with Gasteiger partial charge < -0.3 is 14.8 Å². The summed E-state index contributed by atoms with van der Waals surface area (Å²) in [5, 5.41) is 6.28. The van der Waals surface area contributed by atoms with Gasteiger partial charge in [-0.1, -0.05) is 22.9 Å². The fourth-order valence-electron chi connectivity index (χ4n) is 2.79. The van der Waals surface area contributed by atoms with Crippen molar-refractivity contribution in [2.24, 2.45) is 0 Å². The molecule has 0 unspecified atom stereocenters. The van der Waals surface area contributed by atoms with E-state index < -0.39 is 0 Å². The predicted octanol–water partition coefficient (Wildman–Crippen LogP) is 4.32. The van der Waals surface area contributed by atoms with Gasteiger partial charge in [-0.3, -0.25) is 14.9 Å². The Bertz CT molecular complexity index is 1080. The Balaban J connectivity index is 1.57. The molecule has 0 fully saturated rings. The van der Waals surface area contributed by atoms with Crippen molar-refractivity contribution in [2.45, 2.75) is 13.3 Å². The number of ether oxygens (including phenoxy) is 2. The van der Waals surface area contributed by atoms with Crippen molar-refractivity contribution in [3.05, 3.63) is 40.9 Å². The molecule has 3 aromatic rings. The highest BCUT2D eigenvalue weighted by Crippen LogP contribution is 2.38. The fraction of sp³-hybridized carbons (Fsp3) is 0.211. The summed E-state index contributed by atoms with van der Waals surface area (Å²) in [5.41, 5.74) is 1.76. The third kappa shape index (κ3) is 3.88. The SMILES string of the molecule is CC(=O)Nc1ccc2nc(NC(=O)c3cc(Cl)c4c(c3)OCCCO4)sc2c1. The van der Waals surface area contributed by atoms with Crippen molar-refractivity contribution in [3.8, 4) is 11.5 Å². The Morgan fingerprint density at radius 2 is 1.96 bits per heavy atom. The van der Waals surface area contributed by atoms with Gasteiger partial charge in [-0.25, -0.2) is 4.98 Å². The van der Waals surface area contributed by atoms with Gasteiger partial charge >= 0.3 is 0 Å². The number of aromatic nitrogens is 1. The van der Waals surface area contributed by atoms with Crippen LogP contribution in [0.5, 0.6) is 11.5 Å². The highest BCUT2D eigenvalue weighted by atomic mass is 35.5. The maximum absolute atomic E-state index is 12.7. The van der Waals surface area contributed by atoms with Gasteiger partial charge in [0.15, 0.2) is 16.6 Å². The molecular weight excluding hydrogens is 402 g/mol. The number of carbonyl (C=O) groups is 2. The minimum absolute atomic E-state index is 0.149. The first-order chi connectivity index (χ1) is 13.5. The first-order valence-electron chi connectivity index (χ1n) is 8.58. The first kappa shape index (κ1) is 18.5. The van der Waals surface area contributed by atoms with Crippen LogP contribution in [0.1, 0.15) is 23.7 Å². The third-order valence-corrected chi connectivity index (χ3v) is 5.21. The maximum atomic E-state index is 12.7. The molecule has 0 spiro atoms. The number of anilines is 2. The topological polar surface area (TPSA) is 89.6 Å². The van der Waals surface area contributed by atoms with E-state index in [-0.39, 0.29) is 11.8 Å². The summed E-state index contributed by atoms with van der Waals surface area (Å²) in [6, 6.07) is 8.53. The van der Waals surface area contributed by atoms with Gasteiger partial charge in [0.25, 0.3) is 5.91 Å². The zero-order valence-electron chi connectivity index (χ0n) is 14.9. The third-order valence-electron chi connectivity index (χ3n) is 3.99. The molecule has 1 aromatic heterocycles. The summed E-state index contributed by atoms with van der Waals surface area (Å²) in [6.45, 7) is 2.47. The van der Waals surface area contributed by atoms with Crippen LogP contribution in [0, 0.1) is 0 Å². The van der Waals surface area contributed by atoms with E-state index in [1.165, 1.54) is 18.3 Å². The molecule has 0 bridgehead atoms. The first-order valence-corrected chi connectivity index (χ1v) is 9.78. The number of nitrogens with zero attached hydrogens (tertiary/aromatic N) is 1. The van der Waals surface area contributed by atoms with E-state index in [9.17, 15) is 9.59 Å². The fourth-order valence-corrected chi connectivity index (χ4v) is 3.96. The number of hydrogen-bond donors (Lipinski definition) is 2.